The van der Waals surface area contributed by atoms with E-state index in [9.17, 15) is 9.59 Å². The number of benzene rings is 1. The molecule has 3 aromatic rings. The van der Waals surface area contributed by atoms with Gasteiger partial charge in [0.05, 0.1) is 17.9 Å². The molecule has 140 valence electrons. The lowest BCUT2D eigenvalue weighted by Gasteiger charge is -2.06. The van der Waals surface area contributed by atoms with Crippen molar-refractivity contribution in [2.75, 3.05) is 17.7 Å². The fourth-order valence-corrected chi connectivity index (χ4v) is 2.81. The molecule has 2 aromatic heterocycles. The molecule has 0 bridgehead atoms. The number of aromatic nitrogens is 4. The fraction of sp³-hybridized carbons (Fsp3) is 0.278. The van der Waals surface area contributed by atoms with Crippen LogP contribution in [0.2, 0.25) is 0 Å². The lowest BCUT2D eigenvalue weighted by molar-refractivity contribution is -0.113. The molecule has 3 rings (SSSR count). The van der Waals surface area contributed by atoms with E-state index < -0.39 is 0 Å². The van der Waals surface area contributed by atoms with E-state index in [1.165, 1.54) is 11.8 Å². The van der Waals surface area contributed by atoms with Crippen molar-refractivity contribution in [1.82, 2.24) is 19.6 Å². The largest absolute Gasteiger partial charge is 0.462 e. The van der Waals surface area contributed by atoms with Gasteiger partial charge in [-0.3, -0.25) is 4.79 Å². The normalized spacial score (nSPS) is 10.7. The number of carbonyl (C=O) groups excluding carboxylic acids is 2. The Labute approximate surface area is 160 Å². The number of rotatable bonds is 8. The highest BCUT2D eigenvalue weighted by atomic mass is 32.2. The van der Waals surface area contributed by atoms with Crippen molar-refractivity contribution in [3.05, 3.63) is 48.3 Å². The summed E-state index contributed by atoms with van der Waals surface area (Å²) in [6, 6.07) is 8.36. The van der Waals surface area contributed by atoms with Crippen LogP contribution in [0.4, 0.5) is 5.69 Å². The van der Waals surface area contributed by atoms with E-state index in [1.807, 2.05) is 6.92 Å². The van der Waals surface area contributed by atoms with E-state index >= 15 is 0 Å². The lowest BCUT2D eigenvalue weighted by Crippen LogP contribution is -2.14. The first-order valence-electron chi connectivity index (χ1n) is 8.53. The van der Waals surface area contributed by atoms with Gasteiger partial charge in [-0.1, -0.05) is 25.1 Å². The van der Waals surface area contributed by atoms with Gasteiger partial charge in [-0.15, -0.1) is 5.10 Å². The minimum atomic E-state index is -0.358. The molecule has 1 aromatic carbocycles. The molecule has 1 N–H and O–H groups in total. The van der Waals surface area contributed by atoms with Crippen molar-refractivity contribution in [2.24, 2.45) is 0 Å². The van der Waals surface area contributed by atoms with Crippen molar-refractivity contribution in [1.29, 1.82) is 0 Å². The Bertz CT molecular complexity index is 893. The molecule has 0 atom stereocenters. The van der Waals surface area contributed by atoms with E-state index in [4.69, 9.17) is 4.74 Å². The topological polar surface area (TPSA) is 98.5 Å². The van der Waals surface area contributed by atoms with Crippen molar-refractivity contribution < 1.29 is 14.3 Å². The molecule has 0 unspecified atom stereocenters. The van der Waals surface area contributed by atoms with Crippen LogP contribution < -0.4 is 5.32 Å². The fourth-order valence-electron chi connectivity index (χ4n) is 2.18. The van der Waals surface area contributed by atoms with Crippen LogP contribution in [0.25, 0.3) is 5.78 Å². The Morgan fingerprint density at radius 2 is 2.07 bits per heavy atom. The maximum atomic E-state index is 12.1. The van der Waals surface area contributed by atoms with Crippen LogP contribution in [0.15, 0.2) is 47.9 Å². The molecule has 0 fully saturated rings. The summed E-state index contributed by atoms with van der Waals surface area (Å²) >= 11 is 1.22. The van der Waals surface area contributed by atoms with E-state index in [1.54, 1.807) is 47.2 Å². The number of hydrogen-bond donors (Lipinski definition) is 1. The highest BCUT2D eigenvalue weighted by Crippen LogP contribution is 2.15. The van der Waals surface area contributed by atoms with Gasteiger partial charge < -0.3 is 10.1 Å². The van der Waals surface area contributed by atoms with Gasteiger partial charge in [-0.25, -0.2) is 14.3 Å². The standard InChI is InChI=1S/C18H19N5O3S/c1-2-3-11-26-16(25)13-5-7-14(8-6-13)20-15(24)12-27-18-21-17-19-9-4-10-23(17)22-18/h4-10H,2-3,11-12H2,1H3,(H,20,24). The van der Waals surface area contributed by atoms with Gasteiger partial charge in [0.2, 0.25) is 11.1 Å². The summed E-state index contributed by atoms with van der Waals surface area (Å²) in [6.45, 7) is 2.45. The van der Waals surface area contributed by atoms with E-state index in [2.05, 4.69) is 20.4 Å². The number of ether oxygens (including phenoxy) is 1. The highest BCUT2D eigenvalue weighted by Gasteiger charge is 2.10. The average molecular weight is 385 g/mol. The maximum absolute atomic E-state index is 12.1. The van der Waals surface area contributed by atoms with Crippen LogP contribution in [0, 0.1) is 0 Å². The second-order valence-electron chi connectivity index (χ2n) is 5.66. The summed E-state index contributed by atoms with van der Waals surface area (Å²) in [5.74, 6) is 0.104. The van der Waals surface area contributed by atoms with Gasteiger partial charge in [0.15, 0.2) is 0 Å². The number of nitrogens with zero attached hydrogens (tertiary/aromatic N) is 4. The predicted octanol–water partition coefficient (Wildman–Crippen LogP) is 2.81. The molecule has 0 saturated carbocycles. The Hall–Kier alpha value is -2.94. The molecule has 27 heavy (non-hydrogen) atoms. The smallest absolute Gasteiger partial charge is 0.338 e. The highest BCUT2D eigenvalue weighted by molar-refractivity contribution is 7.99. The SMILES string of the molecule is CCCCOC(=O)c1ccc(NC(=O)CSc2nc3ncccn3n2)cc1. The summed E-state index contributed by atoms with van der Waals surface area (Å²) in [7, 11) is 0. The zero-order chi connectivity index (χ0) is 19.1. The van der Waals surface area contributed by atoms with E-state index in [-0.39, 0.29) is 17.6 Å². The third-order valence-electron chi connectivity index (χ3n) is 3.56. The number of nitrogens with one attached hydrogen (secondary N) is 1. The number of esters is 1. The minimum absolute atomic E-state index is 0.164. The van der Waals surface area contributed by atoms with Crippen LogP contribution in [0.3, 0.4) is 0 Å². The third-order valence-corrected chi connectivity index (χ3v) is 4.40. The summed E-state index contributed by atoms with van der Waals surface area (Å²) < 4.78 is 6.71. The molecular weight excluding hydrogens is 366 g/mol. The molecule has 0 radical (unpaired) electrons. The summed E-state index contributed by atoms with van der Waals surface area (Å²) in [6.07, 6.45) is 5.19. The van der Waals surface area contributed by atoms with Crippen LogP contribution in [0.1, 0.15) is 30.1 Å². The molecule has 0 saturated heterocycles. The van der Waals surface area contributed by atoms with E-state index in [0.717, 1.165) is 12.8 Å². The van der Waals surface area contributed by atoms with Crippen LogP contribution in [-0.2, 0) is 9.53 Å². The molecule has 0 aliphatic heterocycles. The summed E-state index contributed by atoms with van der Waals surface area (Å²) in [5.41, 5.74) is 1.07. The first kappa shape index (κ1) is 18.8. The molecule has 0 spiro atoms. The van der Waals surface area contributed by atoms with Gasteiger partial charge in [0.1, 0.15) is 0 Å². The van der Waals surface area contributed by atoms with Gasteiger partial charge in [0.25, 0.3) is 5.78 Å². The zero-order valence-corrected chi connectivity index (χ0v) is 15.6. The van der Waals surface area contributed by atoms with Gasteiger partial charge >= 0.3 is 5.97 Å². The second-order valence-corrected chi connectivity index (χ2v) is 6.60. The first-order valence-corrected chi connectivity index (χ1v) is 9.51. The number of anilines is 1. The number of unbranched alkanes of at least 4 members (excludes halogenated alkanes) is 1. The van der Waals surface area contributed by atoms with Gasteiger partial charge in [-0.05, 0) is 36.8 Å². The summed E-state index contributed by atoms with van der Waals surface area (Å²) in [4.78, 5) is 32.3. The van der Waals surface area contributed by atoms with E-state index in [0.29, 0.717) is 28.8 Å². The molecule has 8 nitrogen and oxygen atoms in total. The Balaban J connectivity index is 1.49. The zero-order valence-electron chi connectivity index (χ0n) is 14.8. The average Bonchev–Trinajstić information content (AvgIpc) is 3.10. The van der Waals surface area contributed by atoms with Crippen molar-refractivity contribution in [3.8, 4) is 0 Å². The number of amides is 1. The Morgan fingerprint density at radius 1 is 1.26 bits per heavy atom. The van der Waals surface area contributed by atoms with Gasteiger partial charge in [-0.2, -0.15) is 4.98 Å². The number of fused-ring (bicyclic) bond motifs is 1. The lowest BCUT2D eigenvalue weighted by atomic mass is 10.2. The molecular formula is C18H19N5O3S. The van der Waals surface area contributed by atoms with Crippen molar-refractivity contribution >= 4 is 35.1 Å². The monoisotopic (exact) mass is 385 g/mol. The second kappa shape index (κ2) is 9.13. The molecule has 0 aliphatic rings. The number of hydrogen-bond acceptors (Lipinski definition) is 7. The number of carbonyl (C=O) groups is 2. The molecule has 2 heterocycles. The Morgan fingerprint density at radius 3 is 2.81 bits per heavy atom. The quantitative estimate of drug-likeness (QED) is 0.362. The molecule has 9 heteroatoms. The Kier molecular flexibility index (Phi) is 6.37. The van der Waals surface area contributed by atoms with Crippen molar-refractivity contribution in [3.63, 3.8) is 0 Å². The minimum Gasteiger partial charge on any atom is -0.462 e. The van der Waals surface area contributed by atoms with Crippen molar-refractivity contribution in [2.45, 2.75) is 24.9 Å². The maximum Gasteiger partial charge on any atom is 0.338 e. The molecule has 1 amide bonds. The summed E-state index contributed by atoms with van der Waals surface area (Å²) in [5, 5.41) is 7.48. The predicted molar refractivity (Wildman–Crippen MR) is 102 cm³/mol. The van der Waals surface area contributed by atoms with Crippen LogP contribution >= 0.6 is 11.8 Å². The van der Waals surface area contributed by atoms with Gasteiger partial charge in [0, 0.05) is 18.1 Å². The first-order chi connectivity index (χ1) is 13.2. The number of thioether (sulfide) groups is 1. The third kappa shape index (κ3) is 5.27. The molecule has 0 aliphatic carbocycles. The van der Waals surface area contributed by atoms with Crippen LogP contribution in [0.5, 0.6) is 0 Å². The van der Waals surface area contributed by atoms with Crippen LogP contribution in [-0.4, -0.2) is 43.8 Å².